The molecule has 0 aliphatic heterocycles. The van der Waals surface area contributed by atoms with Crippen LogP contribution >= 0.6 is 0 Å². The lowest BCUT2D eigenvalue weighted by Crippen LogP contribution is -2.26. The number of ether oxygens (including phenoxy) is 1. The number of nitriles is 1. The third kappa shape index (κ3) is 6.56. The van der Waals surface area contributed by atoms with E-state index in [1.807, 2.05) is 13.0 Å². The van der Waals surface area contributed by atoms with Crippen LogP contribution in [-0.2, 0) is 4.74 Å². The van der Waals surface area contributed by atoms with Gasteiger partial charge in [-0.15, -0.1) is 0 Å². The van der Waals surface area contributed by atoms with E-state index in [4.69, 9.17) is 10.00 Å². The lowest BCUT2D eigenvalue weighted by molar-refractivity contribution is -0.00402. The van der Waals surface area contributed by atoms with Crippen molar-refractivity contribution in [2.75, 3.05) is 6.61 Å². The van der Waals surface area contributed by atoms with Crippen LogP contribution in [-0.4, -0.2) is 23.4 Å². The summed E-state index contributed by atoms with van der Waals surface area (Å²) in [5.74, 6) is 0. The molecular formula is C10H19NO2. The maximum atomic E-state index is 9.60. The normalized spacial score (nSPS) is 17.5. The Balaban J connectivity index is 3.58. The molecule has 0 saturated heterocycles. The first kappa shape index (κ1) is 12.4. The molecule has 0 saturated carbocycles. The van der Waals surface area contributed by atoms with Gasteiger partial charge in [-0.25, -0.2) is 0 Å². The minimum Gasteiger partial charge on any atom is -0.389 e. The minimum absolute atomic E-state index is 0.164. The average Bonchev–Trinajstić information content (AvgIpc) is 2.03. The highest BCUT2D eigenvalue weighted by Crippen LogP contribution is 2.14. The van der Waals surface area contributed by atoms with E-state index in [0.717, 1.165) is 6.42 Å². The van der Waals surface area contributed by atoms with E-state index in [2.05, 4.69) is 6.92 Å². The van der Waals surface area contributed by atoms with Crippen molar-refractivity contribution in [2.24, 2.45) is 0 Å². The smallest absolute Gasteiger partial charge is 0.0771 e. The van der Waals surface area contributed by atoms with Gasteiger partial charge in [0, 0.05) is 13.0 Å². The van der Waals surface area contributed by atoms with Crippen molar-refractivity contribution in [1.82, 2.24) is 0 Å². The summed E-state index contributed by atoms with van der Waals surface area (Å²) in [5.41, 5.74) is -0.901. The van der Waals surface area contributed by atoms with Crippen LogP contribution < -0.4 is 0 Å². The Bertz CT molecular complexity index is 172. The van der Waals surface area contributed by atoms with Gasteiger partial charge in [0.15, 0.2) is 0 Å². The molecule has 0 aromatic heterocycles. The summed E-state index contributed by atoms with van der Waals surface area (Å²) in [5, 5.41) is 18.0. The van der Waals surface area contributed by atoms with Gasteiger partial charge in [0.2, 0.25) is 0 Å². The second kappa shape index (κ2) is 5.95. The molecule has 0 fully saturated rings. The molecule has 0 aromatic rings. The van der Waals surface area contributed by atoms with Crippen molar-refractivity contribution in [3.05, 3.63) is 0 Å². The fourth-order valence-electron chi connectivity index (χ4n) is 0.857. The van der Waals surface area contributed by atoms with Crippen LogP contribution in [0.2, 0.25) is 0 Å². The highest BCUT2D eigenvalue weighted by molar-refractivity contribution is 4.84. The van der Waals surface area contributed by atoms with E-state index in [0.29, 0.717) is 13.0 Å². The zero-order chi connectivity index (χ0) is 10.3. The maximum Gasteiger partial charge on any atom is 0.0771 e. The molecule has 0 amide bonds. The first-order chi connectivity index (χ1) is 6.02. The van der Waals surface area contributed by atoms with Gasteiger partial charge < -0.3 is 9.84 Å². The van der Waals surface area contributed by atoms with E-state index >= 15 is 0 Å². The molecule has 3 heteroatoms. The number of hydrogen-bond donors (Lipinski definition) is 1. The molecular weight excluding hydrogens is 166 g/mol. The van der Waals surface area contributed by atoms with Gasteiger partial charge in [-0.05, 0) is 20.3 Å². The van der Waals surface area contributed by atoms with Gasteiger partial charge in [-0.2, -0.15) is 5.26 Å². The summed E-state index contributed by atoms with van der Waals surface area (Å²) < 4.78 is 5.40. The molecule has 0 aliphatic carbocycles. The standard InChI is InChI=1S/C10H19NO2/c1-4-9(2)13-8-6-10(3,12)5-7-11/h9,12H,4-6,8H2,1-3H3. The van der Waals surface area contributed by atoms with Gasteiger partial charge in [-0.1, -0.05) is 6.92 Å². The van der Waals surface area contributed by atoms with Crippen LogP contribution in [0.3, 0.4) is 0 Å². The second-order valence-corrected chi connectivity index (χ2v) is 3.67. The van der Waals surface area contributed by atoms with Crippen molar-refractivity contribution in [3.63, 3.8) is 0 Å². The zero-order valence-corrected chi connectivity index (χ0v) is 8.71. The van der Waals surface area contributed by atoms with E-state index in [1.54, 1.807) is 6.92 Å². The predicted octanol–water partition coefficient (Wildman–Crippen LogP) is 1.86. The summed E-state index contributed by atoms with van der Waals surface area (Å²) in [6, 6.07) is 1.95. The third-order valence-corrected chi connectivity index (χ3v) is 2.08. The van der Waals surface area contributed by atoms with E-state index in [9.17, 15) is 5.11 Å². The highest BCUT2D eigenvalue weighted by atomic mass is 16.5. The molecule has 0 radical (unpaired) electrons. The van der Waals surface area contributed by atoms with E-state index in [1.165, 1.54) is 0 Å². The Hall–Kier alpha value is -0.590. The fourth-order valence-corrected chi connectivity index (χ4v) is 0.857. The summed E-state index contributed by atoms with van der Waals surface area (Å²) in [4.78, 5) is 0. The van der Waals surface area contributed by atoms with Gasteiger partial charge in [0.05, 0.1) is 24.2 Å². The van der Waals surface area contributed by atoms with Gasteiger partial charge in [0.25, 0.3) is 0 Å². The average molecular weight is 185 g/mol. The lowest BCUT2D eigenvalue weighted by atomic mass is 10.00. The summed E-state index contributed by atoms with van der Waals surface area (Å²) in [6.45, 7) is 6.23. The van der Waals surface area contributed by atoms with Crippen LogP contribution in [0.5, 0.6) is 0 Å². The molecule has 2 atom stereocenters. The molecule has 0 aromatic carbocycles. The molecule has 0 heterocycles. The number of nitrogens with zero attached hydrogens (tertiary/aromatic N) is 1. The van der Waals surface area contributed by atoms with Crippen molar-refractivity contribution in [3.8, 4) is 6.07 Å². The quantitative estimate of drug-likeness (QED) is 0.687. The molecule has 76 valence electrons. The molecule has 1 N–H and O–H groups in total. The largest absolute Gasteiger partial charge is 0.389 e. The predicted molar refractivity (Wildman–Crippen MR) is 51.2 cm³/mol. The van der Waals surface area contributed by atoms with Crippen molar-refractivity contribution < 1.29 is 9.84 Å². The van der Waals surface area contributed by atoms with Crippen molar-refractivity contribution in [1.29, 1.82) is 5.26 Å². The molecule has 0 rings (SSSR count). The maximum absolute atomic E-state index is 9.60. The Morgan fingerprint density at radius 1 is 1.62 bits per heavy atom. The number of rotatable bonds is 6. The van der Waals surface area contributed by atoms with Crippen LogP contribution in [0.4, 0.5) is 0 Å². The molecule has 0 aliphatic rings. The van der Waals surface area contributed by atoms with Crippen LogP contribution in [0, 0.1) is 11.3 Å². The number of aliphatic hydroxyl groups is 1. The SMILES string of the molecule is CCC(C)OCCC(C)(O)CC#N. The molecule has 2 unspecified atom stereocenters. The van der Waals surface area contributed by atoms with Crippen LogP contribution in [0.15, 0.2) is 0 Å². The van der Waals surface area contributed by atoms with Gasteiger partial charge in [0.1, 0.15) is 0 Å². The Morgan fingerprint density at radius 2 is 2.23 bits per heavy atom. The first-order valence-electron chi connectivity index (χ1n) is 4.72. The molecule has 3 nitrogen and oxygen atoms in total. The van der Waals surface area contributed by atoms with Crippen molar-refractivity contribution >= 4 is 0 Å². The number of hydrogen-bond acceptors (Lipinski definition) is 3. The lowest BCUT2D eigenvalue weighted by Gasteiger charge is -2.20. The second-order valence-electron chi connectivity index (χ2n) is 3.67. The molecule has 0 bridgehead atoms. The highest BCUT2D eigenvalue weighted by Gasteiger charge is 2.19. The fraction of sp³-hybridized carbons (Fsp3) is 0.900. The van der Waals surface area contributed by atoms with E-state index < -0.39 is 5.60 Å². The van der Waals surface area contributed by atoms with E-state index in [-0.39, 0.29) is 12.5 Å². The molecule has 0 spiro atoms. The summed E-state index contributed by atoms with van der Waals surface area (Å²) in [7, 11) is 0. The minimum atomic E-state index is -0.901. The molecule has 13 heavy (non-hydrogen) atoms. The monoisotopic (exact) mass is 185 g/mol. The van der Waals surface area contributed by atoms with Crippen molar-refractivity contribution in [2.45, 2.75) is 51.7 Å². The Kier molecular flexibility index (Phi) is 5.68. The summed E-state index contributed by atoms with van der Waals surface area (Å²) >= 11 is 0. The van der Waals surface area contributed by atoms with Gasteiger partial charge in [-0.3, -0.25) is 0 Å². The topological polar surface area (TPSA) is 53.2 Å². The summed E-state index contributed by atoms with van der Waals surface area (Å²) in [6.07, 6.45) is 1.89. The Labute approximate surface area is 80.3 Å². The Morgan fingerprint density at radius 3 is 2.69 bits per heavy atom. The van der Waals surface area contributed by atoms with Crippen LogP contribution in [0.25, 0.3) is 0 Å². The third-order valence-electron chi connectivity index (χ3n) is 2.08. The first-order valence-corrected chi connectivity index (χ1v) is 4.72. The van der Waals surface area contributed by atoms with Crippen LogP contribution in [0.1, 0.15) is 40.0 Å². The zero-order valence-electron chi connectivity index (χ0n) is 8.71. The van der Waals surface area contributed by atoms with Gasteiger partial charge >= 0.3 is 0 Å².